The fourth-order valence-electron chi connectivity index (χ4n) is 2.32. The number of nitrogens with two attached hydrogens (primary N) is 1. The normalized spacial score (nSPS) is 23.3. The molecule has 104 valence electrons. The largest absolute Gasteiger partial charge is 0.393 e. The van der Waals surface area contributed by atoms with Gasteiger partial charge in [0.1, 0.15) is 0 Å². The number of carbonyl (C=O) groups is 2. The molecule has 1 saturated heterocycles. The van der Waals surface area contributed by atoms with Gasteiger partial charge in [0.25, 0.3) is 0 Å². The van der Waals surface area contributed by atoms with Gasteiger partial charge in [-0.2, -0.15) is 0 Å². The van der Waals surface area contributed by atoms with Gasteiger partial charge in [-0.3, -0.25) is 4.79 Å². The van der Waals surface area contributed by atoms with Crippen molar-refractivity contribution in [1.29, 1.82) is 0 Å². The van der Waals surface area contributed by atoms with Crippen LogP contribution in [0.3, 0.4) is 0 Å². The summed E-state index contributed by atoms with van der Waals surface area (Å²) in [6.07, 6.45) is 1.66. The lowest BCUT2D eigenvalue weighted by molar-refractivity contribution is -0.127. The zero-order valence-corrected chi connectivity index (χ0v) is 11.1. The van der Waals surface area contributed by atoms with Gasteiger partial charge < -0.3 is 21.1 Å². The van der Waals surface area contributed by atoms with E-state index in [-0.39, 0.29) is 17.9 Å². The summed E-state index contributed by atoms with van der Waals surface area (Å²) in [7, 11) is 0. The molecule has 0 aliphatic carbocycles. The molecule has 1 heterocycles. The molecule has 18 heavy (non-hydrogen) atoms. The summed E-state index contributed by atoms with van der Waals surface area (Å²) in [6.45, 7) is 4.57. The molecule has 1 aliphatic heterocycles. The Bertz CT molecular complexity index is 307. The van der Waals surface area contributed by atoms with Gasteiger partial charge in [0, 0.05) is 19.1 Å². The first-order valence-electron chi connectivity index (χ1n) is 6.43. The molecule has 6 nitrogen and oxygen atoms in total. The molecule has 4 N–H and O–H groups in total. The molecule has 3 amide bonds. The quantitative estimate of drug-likeness (QED) is 0.664. The summed E-state index contributed by atoms with van der Waals surface area (Å²) in [4.78, 5) is 24.6. The van der Waals surface area contributed by atoms with E-state index >= 15 is 0 Å². The SMILES string of the molecule is CC(O)CC(C)NC(=O)C1CCCN(C(N)=O)C1. The maximum absolute atomic E-state index is 12.0. The minimum atomic E-state index is -0.468. The number of urea groups is 1. The van der Waals surface area contributed by atoms with Gasteiger partial charge in [-0.1, -0.05) is 0 Å². The van der Waals surface area contributed by atoms with E-state index in [4.69, 9.17) is 5.73 Å². The highest BCUT2D eigenvalue weighted by molar-refractivity contribution is 5.80. The molecular weight excluding hydrogens is 234 g/mol. The highest BCUT2D eigenvalue weighted by atomic mass is 16.3. The number of hydrogen-bond acceptors (Lipinski definition) is 3. The van der Waals surface area contributed by atoms with E-state index in [1.165, 1.54) is 4.90 Å². The monoisotopic (exact) mass is 257 g/mol. The van der Waals surface area contributed by atoms with Crippen molar-refractivity contribution in [2.75, 3.05) is 13.1 Å². The number of amides is 3. The fourth-order valence-corrected chi connectivity index (χ4v) is 2.32. The predicted octanol–water partition coefficient (Wildman–Crippen LogP) is 0.0527. The van der Waals surface area contributed by atoms with Crippen LogP contribution in [0.25, 0.3) is 0 Å². The average molecular weight is 257 g/mol. The van der Waals surface area contributed by atoms with Crippen molar-refractivity contribution >= 4 is 11.9 Å². The molecule has 1 aliphatic rings. The van der Waals surface area contributed by atoms with Crippen LogP contribution in [-0.2, 0) is 4.79 Å². The minimum absolute atomic E-state index is 0.0610. The van der Waals surface area contributed by atoms with E-state index < -0.39 is 12.1 Å². The second kappa shape index (κ2) is 6.58. The number of nitrogens with one attached hydrogen (secondary N) is 1. The summed E-state index contributed by atoms with van der Waals surface area (Å²) in [5.74, 6) is -0.253. The number of aliphatic hydroxyl groups excluding tert-OH is 1. The number of nitrogens with zero attached hydrogens (tertiary/aromatic N) is 1. The first-order valence-corrected chi connectivity index (χ1v) is 6.43. The van der Waals surface area contributed by atoms with E-state index in [1.54, 1.807) is 6.92 Å². The van der Waals surface area contributed by atoms with E-state index in [0.29, 0.717) is 19.5 Å². The van der Waals surface area contributed by atoms with Gasteiger partial charge in [-0.25, -0.2) is 4.79 Å². The molecule has 1 fully saturated rings. The number of primary amides is 1. The Morgan fingerprint density at radius 3 is 2.72 bits per heavy atom. The highest BCUT2D eigenvalue weighted by Gasteiger charge is 2.28. The van der Waals surface area contributed by atoms with Crippen LogP contribution >= 0.6 is 0 Å². The van der Waals surface area contributed by atoms with Crippen molar-refractivity contribution in [3.8, 4) is 0 Å². The summed E-state index contributed by atoms with van der Waals surface area (Å²) in [5, 5.41) is 12.1. The third-order valence-electron chi connectivity index (χ3n) is 3.19. The number of hydrogen-bond donors (Lipinski definition) is 3. The van der Waals surface area contributed by atoms with Gasteiger partial charge in [0.2, 0.25) is 5.91 Å². The van der Waals surface area contributed by atoms with Crippen LogP contribution in [-0.4, -0.2) is 47.2 Å². The Balaban J connectivity index is 2.43. The standard InChI is InChI=1S/C12H23N3O3/c1-8(6-9(2)16)14-11(17)10-4-3-5-15(7-10)12(13)18/h8-10,16H,3-7H2,1-2H3,(H2,13,18)(H,14,17). The van der Waals surface area contributed by atoms with Crippen LogP contribution in [0.1, 0.15) is 33.1 Å². The minimum Gasteiger partial charge on any atom is -0.393 e. The molecule has 6 heteroatoms. The highest BCUT2D eigenvalue weighted by Crippen LogP contribution is 2.16. The first-order chi connectivity index (χ1) is 8.40. The van der Waals surface area contributed by atoms with E-state index in [9.17, 15) is 14.7 Å². The number of likely N-dealkylation sites (tertiary alicyclic amines) is 1. The molecule has 0 bridgehead atoms. The van der Waals surface area contributed by atoms with Gasteiger partial charge in [-0.05, 0) is 33.1 Å². The van der Waals surface area contributed by atoms with Crippen molar-refractivity contribution in [3.63, 3.8) is 0 Å². The number of aliphatic hydroxyl groups is 1. The molecular formula is C12H23N3O3. The molecule has 0 aromatic carbocycles. The van der Waals surface area contributed by atoms with Crippen LogP contribution in [0, 0.1) is 5.92 Å². The first kappa shape index (κ1) is 14.8. The topological polar surface area (TPSA) is 95.7 Å². The molecule has 0 radical (unpaired) electrons. The Kier molecular flexibility index (Phi) is 5.40. The zero-order chi connectivity index (χ0) is 13.7. The lowest BCUT2D eigenvalue weighted by Gasteiger charge is -2.31. The number of carbonyl (C=O) groups excluding carboxylic acids is 2. The van der Waals surface area contributed by atoms with Crippen LogP contribution in [0.4, 0.5) is 4.79 Å². The molecule has 0 aromatic heterocycles. The summed E-state index contributed by atoms with van der Waals surface area (Å²) < 4.78 is 0. The number of rotatable bonds is 4. The van der Waals surface area contributed by atoms with Crippen molar-refractivity contribution in [3.05, 3.63) is 0 Å². The van der Waals surface area contributed by atoms with Gasteiger partial charge >= 0.3 is 6.03 Å². The smallest absolute Gasteiger partial charge is 0.314 e. The maximum atomic E-state index is 12.0. The fraction of sp³-hybridized carbons (Fsp3) is 0.833. The Labute approximate surface area is 108 Å². The van der Waals surface area contributed by atoms with Crippen molar-refractivity contribution < 1.29 is 14.7 Å². The second-order valence-electron chi connectivity index (χ2n) is 5.12. The maximum Gasteiger partial charge on any atom is 0.314 e. The van der Waals surface area contributed by atoms with Crippen molar-refractivity contribution in [2.45, 2.75) is 45.3 Å². The van der Waals surface area contributed by atoms with Crippen LogP contribution < -0.4 is 11.1 Å². The second-order valence-corrected chi connectivity index (χ2v) is 5.12. The zero-order valence-electron chi connectivity index (χ0n) is 11.1. The third-order valence-corrected chi connectivity index (χ3v) is 3.19. The molecule has 1 rings (SSSR count). The molecule has 0 saturated carbocycles. The Morgan fingerprint density at radius 2 is 2.17 bits per heavy atom. The van der Waals surface area contributed by atoms with Gasteiger partial charge in [0.15, 0.2) is 0 Å². The van der Waals surface area contributed by atoms with Gasteiger partial charge in [0.05, 0.1) is 12.0 Å². The molecule has 0 aromatic rings. The average Bonchev–Trinajstić information content (AvgIpc) is 2.27. The van der Waals surface area contributed by atoms with Crippen molar-refractivity contribution in [1.82, 2.24) is 10.2 Å². The third kappa shape index (κ3) is 4.52. The Morgan fingerprint density at radius 1 is 1.50 bits per heavy atom. The van der Waals surface area contributed by atoms with Crippen LogP contribution in [0.2, 0.25) is 0 Å². The van der Waals surface area contributed by atoms with Crippen molar-refractivity contribution in [2.24, 2.45) is 11.7 Å². The van der Waals surface area contributed by atoms with Gasteiger partial charge in [-0.15, -0.1) is 0 Å². The lowest BCUT2D eigenvalue weighted by Crippen LogP contribution is -2.48. The molecule has 0 spiro atoms. The van der Waals surface area contributed by atoms with Crippen LogP contribution in [0.5, 0.6) is 0 Å². The summed E-state index contributed by atoms with van der Waals surface area (Å²) >= 11 is 0. The van der Waals surface area contributed by atoms with E-state index in [1.807, 2.05) is 6.92 Å². The van der Waals surface area contributed by atoms with E-state index in [2.05, 4.69) is 5.32 Å². The Hall–Kier alpha value is -1.30. The summed E-state index contributed by atoms with van der Waals surface area (Å²) in [6, 6.07) is -0.536. The molecule has 3 unspecified atom stereocenters. The number of piperidine rings is 1. The predicted molar refractivity (Wildman–Crippen MR) is 67.8 cm³/mol. The summed E-state index contributed by atoms with van der Waals surface area (Å²) in [5.41, 5.74) is 5.22. The lowest BCUT2D eigenvalue weighted by atomic mass is 9.97. The van der Waals surface area contributed by atoms with Crippen LogP contribution in [0.15, 0.2) is 0 Å². The molecule has 3 atom stereocenters. The van der Waals surface area contributed by atoms with E-state index in [0.717, 1.165) is 12.8 Å².